The van der Waals surface area contributed by atoms with Crippen molar-refractivity contribution in [3.05, 3.63) is 30.2 Å². The van der Waals surface area contributed by atoms with Gasteiger partial charge in [-0.3, -0.25) is 4.79 Å². The molecule has 6 nitrogen and oxygen atoms in total. The normalized spacial score (nSPS) is 22.4. The van der Waals surface area contributed by atoms with Crippen LogP contribution in [0.3, 0.4) is 0 Å². The van der Waals surface area contributed by atoms with Crippen molar-refractivity contribution in [2.45, 2.75) is 31.7 Å². The van der Waals surface area contributed by atoms with Gasteiger partial charge in [0.15, 0.2) is 5.65 Å². The molecule has 3 N–H and O–H groups in total. The number of nitrogens with two attached hydrogens (primary N) is 1. The van der Waals surface area contributed by atoms with Gasteiger partial charge in [0.05, 0.1) is 0 Å². The molecule has 1 aliphatic heterocycles. The average Bonchev–Trinajstić information content (AvgIpc) is 3.06. The molecule has 0 aliphatic carbocycles. The zero-order valence-corrected chi connectivity index (χ0v) is 11.3. The predicted molar refractivity (Wildman–Crippen MR) is 75.0 cm³/mol. The monoisotopic (exact) mass is 273 g/mol. The van der Waals surface area contributed by atoms with Crippen LogP contribution in [0.4, 0.5) is 0 Å². The third-order valence-corrected chi connectivity index (χ3v) is 3.95. The Morgan fingerprint density at radius 1 is 1.50 bits per heavy atom. The molecule has 0 aromatic carbocycles. The minimum atomic E-state index is 0.112. The Morgan fingerprint density at radius 3 is 3.20 bits per heavy atom. The van der Waals surface area contributed by atoms with Gasteiger partial charge in [-0.1, -0.05) is 6.07 Å². The van der Waals surface area contributed by atoms with Gasteiger partial charge in [0.25, 0.3) is 0 Å². The van der Waals surface area contributed by atoms with E-state index in [1.54, 1.807) is 10.8 Å². The molecule has 1 fully saturated rings. The number of hydrogen-bond acceptors (Lipinski definition) is 4. The summed E-state index contributed by atoms with van der Waals surface area (Å²) in [6, 6.07) is 4.21. The van der Waals surface area contributed by atoms with Crippen LogP contribution in [0.15, 0.2) is 24.7 Å². The first-order valence-corrected chi connectivity index (χ1v) is 7.05. The van der Waals surface area contributed by atoms with Crippen LogP contribution in [-0.4, -0.2) is 33.1 Å². The van der Waals surface area contributed by atoms with Crippen LogP contribution in [0.1, 0.15) is 24.8 Å². The summed E-state index contributed by atoms with van der Waals surface area (Å²) in [5.74, 6) is 0.266. The molecule has 3 rings (SSSR count). The van der Waals surface area contributed by atoms with Crippen molar-refractivity contribution in [2.75, 3.05) is 6.54 Å². The summed E-state index contributed by atoms with van der Waals surface area (Å²) in [6.07, 6.45) is 7.11. The Kier molecular flexibility index (Phi) is 3.64. The topological polar surface area (TPSA) is 85.3 Å². The summed E-state index contributed by atoms with van der Waals surface area (Å²) >= 11 is 0. The fourth-order valence-corrected chi connectivity index (χ4v) is 2.87. The van der Waals surface area contributed by atoms with Crippen LogP contribution in [0, 0.1) is 5.92 Å². The van der Waals surface area contributed by atoms with Crippen LogP contribution in [0.25, 0.3) is 5.65 Å². The Balaban J connectivity index is 1.58. The van der Waals surface area contributed by atoms with Crippen LogP contribution in [-0.2, 0) is 11.2 Å². The second-order valence-corrected chi connectivity index (χ2v) is 5.33. The third-order valence-electron chi connectivity index (χ3n) is 3.95. The summed E-state index contributed by atoms with van der Waals surface area (Å²) in [5.41, 5.74) is 7.68. The van der Waals surface area contributed by atoms with Crippen LogP contribution >= 0.6 is 0 Å². The number of nitrogens with zero attached hydrogens (tertiary/aromatic N) is 3. The number of hydrogen-bond donors (Lipinski definition) is 2. The highest BCUT2D eigenvalue weighted by Gasteiger charge is 2.30. The maximum atomic E-state index is 11.8. The molecule has 0 radical (unpaired) electrons. The molecular weight excluding hydrogens is 254 g/mol. The first-order valence-electron chi connectivity index (χ1n) is 7.05. The van der Waals surface area contributed by atoms with Crippen molar-refractivity contribution in [2.24, 2.45) is 11.7 Å². The number of nitrogens with one attached hydrogen (secondary N) is 1. The lowest BCUT2D eigenvalue weighted by molar-refractivity contribution is -0.122. The zero-order valence-electron chi connectivity index (χ0n) is 11.3. The van der Waals surface area contributed by atoms with Gasteiger partial charge in [-0.15, -0.1) is 0 Å². The molecule has 0 bridgehead atoms. The van der Waals surface area contributed by atoms with Gasteiger partial charge < -0.3 is 11.1 Å². The molecule has 2 aromatic heterocycles. The van der Waals surface area contributed by atoms with Gasteiger partial charge in [0.1, 0.15) is 6.33 Å². The Labute approximate surface area is 117 Å². The van der Waals surface area contributed by atoms with Crippen molar-refractivity contribution in [3.8, 4) is 0 Å². The fraction of sp³-hybridized carbons (Fsp3) is 0.500. The Morgan fingerprint density at radius 2 is 2.40 bits per heavy atom. The quantitative estimate of drug-likeness (QED) is 0.831. The van der Waals surface area contributed by atoms with Crippen LogP contribution in [0.2, 0.25) is 0 Å². The predicted octanol–water partition coefficient (Wildman–Crippen LogP) is 0.515. The van der Waals surface area contributed by atoms with E-state index in [0.717, 1.165) is 31.3 Å². The molecule has 0 unspecified atom stereocenters. The first-order chi connectivity index (χ1) is 9.78. The lowest BCUT2D eigenvalue weighted by Crippen LogP contribution is -2.32. The smallest absolute Gasteiger partial charge is 0.223 e. The van der Waals surface area contributed by atoms with Crippen molar-refractivity contribution in [1.29, 1.82) is 0 Å². The van der Waals surface area contributed by atoms with E-state index in [-0.39, 0.29) is 17.9 Å². The van der Waals surface area contributed by atoms with Gasteiger partial charge in [-0.25, -0.2) is 9.50 Å². The maximum absolute atomic E-state index is 11.8. The summed E-state index contributed by atoms with van der Waals surface area (Å²) in [4.78, 5) is 16.0. The molecule has 106 valence electrons. The van der Waals surface area contributed by atoms with E-state index >= 15 is 0 Å². The highest BCUT2D eigenvalue weighted by atomic mass is 16.2. The number of carbonyl (C=O) groups excluding carboxylic acids is 1. The molecular formula is C14H19N5O. The number of rotatable bonds is 5. The number of aryl methyl sites for hydroxylation is 1. The molecule has 2 aromatic rings. The van der Waals surface area contributed by atoms with E-state index in [1.165, 1.54) is 5.56 Å². The molecule has 1 amide bonds. The lowest BCUT2D eigenvalue weighted by Gasteiger charge is -2.07. The molecule has 0 saturated carbocycles. The lowest BCUT2D eigenvalue weighted by atomic mass is 9.97. The van der Waals surface area contributed by atoms with E-state index in [2.05, 4.69) is 21.5 Å². The number of amides is 1. The van der Waals surface area contributed by atoms with Gasteiger partial charge in [0, 0.05) is 24.7 Å². The molecule has 20 heavy (non-hydrogen) atoms. The number of carbonyl (C=O) groups is 1. The highest BCUT2D eigenvalue weighted by Crippen LogP contribution is 2.21. The van der Waals surface area contributed by atoms with Crippen LogP contribution in [0.5, 0.6) is 0 Å². The minimum absolute atomic E-state index is 0.112. The second kappa shape index (κ2) is 5.58. The second-order valence-electron chi connectivity index (χ2n) is 5.33. The van der Waals surface area contributed by atoms with Gasteiger partial charge >= 0.3 is 0 Å². The molecule has 6 heteroatoms. The highest BCUT2D eigenvalue weighted by molar-refractivity contribution is 5.81. The molecule has 1 saturated heterocycles. The molecule has 1 aliphatic rings. The summed E-state index contributed by atoms with van der Waals surface area (Å²) in [6.45, 7) is 0.529. The fourth-order valence-electron chi connectivity index (χ4n) is 2.87. The van der Waals surface area contributed by atoms with E-state index in [1.807, 2.05) is 12.3 Å². The molecule has 0 spiro atoms. The van der Waals surface area contributed by atoms with E-state index in [0.29, 0.717) is 6.54 Å². The van der Waals surface area contributed by atoms with Gasteiger partial charge in [0.2, 0.25) is 5.91 Å². The first kappa shape index (κ1) is 13.1. The third kappa shape index (κ3) is 2.51. The minimum Gasteiger partial charge on any atom is -0.352 e. The van der Waals surface area contributed by atoms with Crippen molar-refractivity contribution < 1.29 is 4.79 Å². The maximum Gasteiger partial charge on any atom is 0.223 e. The summed E-state index contributed by atoms with van der Waals surface area (Å²) in [5, 5.41) is 7.06. The largest absolute Gasteiger partial charge is 0.352 e. The van der Waals surface area contributed by atoms with Crippen molar-refractivity contribution in [1.82, 2.24) is 19.9 Å². The summed E-state index contributed by atoms with van der Waals surface area (Å²) in [7, 11) is 0. The SMILES string of the molecule is NC[C@@H]1C[C@H](CCCc2cccn3ncnc23)C(=O)N1. The van der Waals surface area contributed by atoms with Crippen molar-refractivity contribution >= 4 is 11.6 Å². The molecule has 3 heterocycles. The van der Waals surface area contributed by atoms with E-state index in [4.69, 9.17) is 5.73 Å². The zero-order chi connectivity index (χ0) is 13.9. The average molecular weight is 273 g/mol. The summed E-state index contributed by atoms with van der Waals surface area (Å²) < 4.78 is 1.78. The van der Waals surface area contributed by atoms with Gasteiger partial charge in [-0.05, 0) is 37.3 Å². The number of aromatic nitrogens is 3. The Bertz CT molecular complexity index is 608. The van der Waals surface area contributed by atoms with Gasteiger partial charge in [-0.2, -0.15) is 5.10 Å². The number of pyridine rings is 1. The van der Waals surface area contributed by atoms with E-state index in [9.17, 15) is 4.79 Å². The van der Waals surface area contributed by atoms with Crippen LogP contribution < -0.4 is 11.1 Å². The standard InChI is InChI=1S/C14H19N5O/c15-8-12-7-11(14(20)18-12)4-1-3-10-5-2-6-19-13(10)16-9-17-19/h2,5-6,9,11-12H,1,3-4,7-8,15H2,(H,18,20)/t11-,12-/m0/s1. The van der Waals surface area contributed by atoms with E-state index < -0.39 is 0 Å². The number of fused-ring (bicyclic) bond motifs is 1. The van der Waals surface area contributed by atoms with Crippen molar-refractivity contribution in [3.63, 3.8) is 0 Å². The Hall–Kier alpha value is -1.95. The molecule has 2 atom stereocenters.